The molecule has 2 aromatic carbocycles. The first-order valence-corrected chi connectivity index (χ1v) is 6.13. The van der Waals surface area contributed by atoms with Gasteiger partial charge in [0.1, 0.15) is 5.69 Å². The van der Waals surface area contributed by atoms with Crippen molar-refractivity contribution in [3.05, 3.63) is 60.3 Å². The molecule has 98 valence electrons. The molecule has 0 unspecified atom stereocenters. The Kier molecular flexibility index (Phi) is 3.01. The number of rotatable bonds is 3. The average molecular weight is 264 g/mol. The Morgan fingerprint density at radius 1 is 0.900 bits per heavy atom. The molecule has 0 radical (unpaired) electrons. The van der Waals surface area contributed by atoms with Crippen LogP contribution in [0.3, 0.4) is 0 Å². The quantitative estimate of drug-likeness (QED) is 0.760. The Balaban J connectivity index is 2.21. The van der Waals surface area contributed by atoms with Crippen molar-refractivity contribution < 1.29 is 4.79 Å². The molecule has 0 atom stereocenters. The van der Waals surface area contributed by atoms with E-state index in [0.717, 1.165) is 16.7 Å². The Hall–Kier alpha value is -2.95. The van der Waals surface area contributed by atoms with Crippen LogP contribution in [0.2, 0.25) is 0 Å². The second kappa shape index (κ2) is 4.97. The molecule has 0 aliphatic rings. The van der Waals surface area contributed by atoms with Gasteiger partial charge in [-0.2, -0.15) is 15.4 Å². The van der Waals surface area contributed by atoms with Crippen LogP contribution in [-0.4, -0.2) is 21.3 Å². The molecule has 0 bridgehead atoms. The largest absolute Gasteiger partial charge is 0.364 e. The second-order valence-electron chi connectivity index (χ2n) is 4.30. The summed E-state index contributed by atoms with van der Waals surface area (Å²) in [7, 11) is 0. The fourth-order valence-electron chi connectivity index (χ4n) is 2.15. The number of carbonyl (C=O) groups excluding carboxylic acids is 1. The van der Waals surface area contributed by atoms with Crippen LogP contribution < -0.4 is 5.73 Å². The van der Waals surface area contributed by atoms with E-state index >= 15 is 0 Å². The fraction of sp³-hybridized carbons (Fsp3) is 0. The lowest BCUT2D eigenvalue weighted by Gasteiger charge is -2.07. The first-order valence-electron chi connectivity index (χ1n) is 6.13. The Bertz CT molecular complexity index is 749. The molecular weight excluding hydrogens is 252 g/mol. The zero-order valence-corrected chi connectivity index (χ0v) is 10.6. The molecular formula is C15H12N4O. The molecule has 0 fully saturated rings. The number of nitrogens with two attached hydrogens (primary N) is 1. The third-order valence-electron chi connectivity index (χ3n) is 3.05. The summed E-state index contributed by atoms with van der Waals surface area (Å²) in [4.78, 5) is 11.4. The summed E-state index contributed by atoms with van der Waals surface area (Å²) >= 11 is 0. The van der Waals surface area contributed by atoms with Gasteiger partial charge in [-0.25, -0.2) is 0 Å². The van der Waals surface area contributed by atoms with Crippen LogP contribution in [0.15, 0.2) is 54.6 Å². The first-order chi connectivity index (χ1) is 9.77. The van der Waals surface area contributed by atoms with Crippen LogP contribution in [0.5, 0.6) is 0 Å². The molecule has 0 aliphatic carbocycles. The fourth-order valence-corrected chi connectivity index (χ4v) is 2.15. The van der Waals surface area contributed by atoms with Crippen LogP contribution in [0.1, 0.15) is 10.5 Å². The van der Waals surface area contributed by atoms with Gasteiger partial charge in [-0.15, -0.1) is 0 Å². The van der Waals surface area contributed by atoms with Crippen molar-refractivity contribution in [1.29, 1.82) is 0 Å². The summed E-state index contributed by atoms with van der Waals surface area (Å²) in [6.45, 7) is 0. The maximum Gasteiger partial charge on any atom is 0.271 e. The van der Waals surface area contributed by atoms with Crippen molar-refractivity contribution >= 4 is 5.91 Å². The van der Waals surface area contributed by atoms with Gasteiger partial charge in [0.15, 0.2) is 5.69 Å². The number of aromatic amines is 1. The molecule has 1 aromatic heterocycles. The molecule has 1 amide bonds. The third-order valence-corrected chi connectivity index (χ3v) is 3.05. The van der Waals surface area contributed by atoms with Gasteiger partial charge in [0.25, 0.3) is 5.91 Å². The minimum absolute atomic E-state index is 0.147. The van der Waals surface area contributed by atoms with Crippen molar-refractivity contribution in [2.45, 2.75) is 0 Å². The molecule has 0 spiro atoms. The number of H-pyrrole nitrogens is 1. The van der Waals surface area contributed by atoms with E-state index in [1.807, 2.05) is 54.6 Å². The number of hydrogen-bond donors (Lipinski definition) is 2. The van der Waals surface area contributed by atoms with Crippen LogP contribution in [0, 0.1) is 0 Å². The summed E-state index contributed by atoms with van der Waals surface area (Å²) < 4.78 is 0. The van der Waals surface area contributed by atoms with Gasteiger partial charge in [-0.1, -0.05) is 54.6 Å². The van der Waals surface area contributed by atoms with Crippen molar-refractivity contribution in [2.75, 3.05) is 0 Å². The van der Waals surface area contributed by atoms with Crippen molar-refractivity contribution in [2.24, 2.45) is 5.73 Å². The smallest absolute Gasteiger partial charge is 0.271 e. The predicted octanol–water partition coefficient (Wildman–Crippen LogP) is 2.24. The van der Waals surface area contributed by atoms with E-state index in [-0.39, 0.29) is 5.69 Å². The molecule has 20 heavy (non-hydrogen) atoms. The molecule has 5 nitrogen and oxygen atoms in total. The number of nitrogens with zero attached hydrogens (tertiary/aromatic N) is 2. The number of primary amides is 1. The number of carbonyl (C=O) groups is 1. The SMILES string of the molecule is NC(=O)c1n[nH]nc1-c1ccccc1-c1ccccc1. The van der Waals surface area contributed by atoms with Gasteiger partial charge < -0.3 is 5.73 Å². The van der Waals surface area contributed by atoms with E-state index in [1.165, 1.54) is 0 Å². The normalized spacial score (nSPS) is 10.4. The van der Waals surface area contributed by atoms with E-state index < -0.39 is 5.91 Å². The highest BCUT2D eigenvalue weighted by molar-refractivity contribution is 5.98. The van der Waals surface area contributed by atoms with Crippen LogP contribution in [0.4, 0.5) is 0 Å². The predicted molar refractivity (Wildman–Crippen MR) is 75.8 cm³/mol. The maximum atomic E-state index is 11.4. The molecule has 0 aliphatic heterocycles. The molecule has 1 heterocycles. The van der Waals surface area contributed by atoms with Gasteiger partial charge in [0, 0.05) is 5.56 Å². The van der Waals surface area contributed by atoms with E-state index in [9.17, 15) is 4.79 Å². The third kappa shape index (κ3) is 2.05. The molecule has 0 saturated heterocycles. The second-order valence-corrected chi connectivity index (χ2v) is 4.30. The summed E-state index contributed by atoms with van der Waals surface area (Å²) in [6, 6.07) is 17.6. The van der Waals surface area contributed by atoms with Gasteiger partial charge in [0.05, 0.1) is 0 Å². The van der Waals surface area contributed by atoms with Gasteiger partial charge in [-0.3, -0.25) is 4.79 Å². The molecule has 0 saturated carbocycles. The van der Waals surface area contributed by atoms with E-state index in [1.54, 1.807) is 0 Å². The highest BCUT2D eigenvalue weighted by atomic mass is 16.1. The Labute approximate surface area is 115 Å². The zero-order valence-electron chi connectivity index (χ0n) is 10.6. The summed E-state index contributed by atoms with van der Waals surface area (Å²) in [6.07, 6.45) is 0. The van der Waals surface area contributed by atoms with Crippen molar-refractivity contribution in [1.82, 2.24) is 15.4 Å². The standard InChI is InChI=1S/C15H12N4O/c16-15(20)14-13(17-19-18-14)12-9-5-4-8-11(12)10-6-2-1-3-7-10/h1-9H,(H2,16,20)(H,17,18,19). The van der Waals surface area contributed by atoms with E-state index in [2.05, 4.69) is 15.4 Å². The minimum atomic E-state index is -0.600. The maximum absolute atomic E-state index is 11.4. The highest BCUT2D eigenvalue weighted by Gasteiger charge is 2.17. The number of aromatic nitrogens is 3. The van der Waals surface area contributed by atoms with Crippen LogP contribution in [0.25, 0.3) is 22.4 Å². The Morgan fingerprint density at radius 2 is 1.55 bits per heavy atom. The molecule has 3 N–H and O–H groups in total. The summed E-state index contributed by atoms with van der Waals surface area (Å²) in [5.74, 6) is -0.600. The Morgan fingerprint density at radius 3 is 2.25 bits per heavy atom. The summed E-state index contributed by atoms with van der Waals surface area (Å²) in [5, 5.41) is 10.3. The average Bonchev–Trinajstić information content (AvgIpc) is 2.98. The minimum Gasteiger partial charge on any atom is -0.364 e. The lowest BCUT2D eigenvalue weighted by Crippen LogP contribution is -2.12. The number of amides is 1. The highest BCUT2D eigenvalue weighted by Crippen LogP contribution is 2.31. The van der Waals surface area contributed by atoms with Crippen LogP contribution in [-0.2, 0) is 0 Å². The lowest BCUT2D eigenvalue weighted by molar-refractivity contribution is 0.0996. The number of benzene rings is 2. The molecule has 3 rings (SSSR count). The first kappa shape index (κ1) is 12.1. The van der Waals surface area contributed by atoms with Crippen LogP contribution >= 0.6 is 0 Å². The van der Waals surface area contributed by atoms with Crippen molar-refractivity contribution in [3.8, 4) is 22.4 Å². The zero-order chi connectivity index (χ0) is 13.9. The monoisotopic (exact) mass is 264 g/mol. The van der Waals surface area contributed by atoms with E-state index in [0.29, 0.717) is 5.69 Å². The topological polar surface area (TPSA) is 84.7 Å². The molecule has 5 heteroatoms. The lowest BCUT2D eigenvalue weighted by atomic mass is 9.97. The summed E-state index contributed by atoms with van der Waals surface area (Å²) in [5.41, 5.74) is 8.78. The van der Waals surface area contributed by atoms with Gasteiger partial charge in [0.2, 0.25) is 0 Å². The van der Waals surface area contributed by atoms with Gasteiger partial charge >= 0.3 is 0 Å². The van der Waals surface area contributed by atoms with E-state index in [4.69, 9.17) is 5.73 Å². The van der Waals surface area contributed by atoms with Crippen molar-refractivity contribution in [3.63, 3.8) is 0 Å². The molecule has 3 aromatic rings. The van der Waals surface area contributed by atoms with Gasteiger partial charge in [-0.05, 0) is 11.1 Å². The number of hydrogen-bond acceptors (Lipinski definition) is 3. The number of nitrogens with one attached hydrogen (secondary N) is 1.